The molecule has 0 unspecified atom stereocenters. The molecule has 3 aromatic rings. The number of aryl methyl sites for hydroxylation is 2. The van der Waals surface area contributed by atoms with Crippen LogP contribution >= 0.6 is 0 Å². The van der Waals surface area contributed by atoms with E-state index in [1.165, 1.54) is 4.90 Å². The summed E-state index contributed by atoms with van der Waals surface area (Å²) in [6.07, 6.45) is 1.12. The zero-order valence-electron chi connectivity index (χ0n) is 18.4. The molecule has 160 valence electrons. The van der Waals surface area contributed by atoms with Crippen LogP contribution in [0.15, 0.2) is 23.0 Å². The predicted molar refractivity (Wildman–Crippen MR) is 115 cm³/mol. The number of aliphatic hydroxyl groups excluding tert-OH is 1. The smallest absolute Gasteiger partial charge is 0.258 e. The molecule has 0 aliphatic carbocycles. The highest BCUT2D eigenvalue weighted by molar-refractivity contribution is 5.83. The van der Waals surface area contributed by atoms with E-state index in [-0.39, 0.29) is 23.2 Å². The molecule has 0 radical (unpaired) electrons. The molecule has 3 N–H and O–H groups in total. The average Bonchev–Trinajstić information content (AvgIpc) is 3.14. The minimum absolute atomic E-state index is 0.110. The number of nitrogens with zero attached hydrogens (tertiary/aromatic N) is 4. The molecule has 1 atom stereocenters. The Morgan fingerprint density at radius 3 is 2.57 bits per heavy atom. The van der Waals surface area contributed by atoms with E-state index in [4.69, 9.17) is 0 Å². The minimum Gasteiger partial charge on any atom is -0.393 e. The maximum absolute atomic E-state index is 13.3. The Labute approximate surface area is 175 Å². The van der Waals surface area contributed by atoms with Crippen LogP contribution in [0.4, 0.5) is 0 Å². The molecule has 1 aliphatic rings. The maximum Gasteiger partial charge on any atom is 0.258 e. The van der Waals surface area contributed by atoms with Crippen LogP contribution in [0.25, 0.3) is 10.9 Å². The van der Waals surface area contributed by atoms with E-state index in [1.54, 1.807) is 0 Å². The van der Waals surface area contributed by atoms with Gasteiger partial charge in [0.2, 0.25) is 5.82 Å². The first kappa shape index (κ1) is 20.7. The van der Waals surface area contributed by atoms with Crippen LogP contribution in [0, 0.1) is 13.8 Å². The number of aromatic amines is 1. The summed E-state index contributed by atoms with van der Waals surface area (Å²) in [4.78, 5) is 17.6. The van der Waals surface area contributed by atoms with Gasteiger partial charge in [0.15, 0.2) is 6.04 Å². The Kier molecular flexibility index (Phi) is 5.23. The van der Waals surface area contributed by atoms with E-state index in [2.05, 4.69) is 60.3 Å². The molecule has 8 heteroatoms. The lowest BCUT2D eigenvalue weighted by molar-refractivity contribution is -0.932. The number of pyridine rings is 1. The summed E-state index contributed by atoms with van der Waals surface area (Å²) >= 11 is 0. The lowest BCUT2D eigenvalue weighted by Gasteiger charge is -2.33. The lowest BCUT2D eigenvalue weighted by atomic mass is 9.97. The lowest BCUT2D eigenvalue weighted by Crippen LogP contribution is -3.14. The van der Waals surface area contributed by atoms with Crippen molar-refractivity contribution in [2.24, 2.45) is 0 Å². The Morgan fingerprint density at radius 2 is 1.90 bits per heavy atom. The highest BCUT2D eigenvalue weighted by Gasteiger charge is 2.38. The molecule has 8 nitrogen and oxygen atoms in total. The van der Waals surface area contributed by atoms with Crippen molar-refractivity contribution in [2.45, 2.75) is 65.1 Å². The summed E-state index contributed by atoms with van der Waals surface area (Å²) in [6.45, 7) is 11.7. The summed E-state index contributed by atoms with van der Waals surface area (Å²) in [5, 5.41) is 23.6. The fourth-order valence-corrected chi connectivity index (χ4v) is 4.57. The van der Waals surface area contributed by atoms with Crippen LogP contribution in [0.1, 0.15) is 62.2 Å². The molecule has 0 saturated carbocycles. The monoisotopic (exact) mass is 411 g/mol. The van der Waals surface area contributed by atoms with Gasteiger partial charge in [-0.25, -0.2) is 4.68 Å². The third-order valence-electron chi connectivity index (χ3n) is 6.03. The van der Waals surface area contributed by atoms with Gasteiger partial charge in [-0.1, -0.05) is 11.6 Å². The number of quaternary nitrogens is 1. The number of fused-ring (bicyclic) bond motifs is 1. The Hall–Kier alpha value is -2.58. The predicted octanol–water partition coefficient (Wildman–Crippen LogP) is 1.02. The van der Waals surface area contributed by atoms with Crippen LogP contribution in [0.3, 0.4) is 0 Å². The van der Waals surface area contributed by atoms with Crippen molar-refractivity contribution in [3.05, 3.63) is 51.1 Å². The average molecular weight is 412 g/mol. The van der Waals surface area contributed by atoms with Crippen LogP contribution < -0.4 is 10.5 Å². The normalized spacial score (nSPS) is 21.1. The number of H-pyrrole nitrogens is 1. The van der Waals surface area contributed by atoms with Crippen molar-refractivity contribution in [1.82, 2.24) is 25.2 Å². The Morgan fingerprint density at radius 1 is 1.20 bits per heavy atom. The van der Waals surface area contributed by atoms with E-state index in [9.17, 15) is 9.90 Å². The summed E-state index contributed by atoms with van der Waals surface area (Å²) in [5.41, 5.74) is 3.32. The van der Waals surface area contributed by atoms with Crippen LogP contribution in [0.5, 0.6) is 0 Å². The first-order valence-corrected chi connectivity index (χ1v) is 10.6. The number of benzene rings is 1. The standard InChI is InChI=1S/C22H30N6O2/c1-13-10-14(2)18-15(11-13)12-17(21(30)23-18)19(27-8-6-16(29)7-9-27)20-24-25-26-28(20)22(3,4)5/h10-12,16,19,29H,6-9H2,1-5H3,(H,23,30)/p+1/t19-/m0/s1. The molecule has 1 saturated heterocycles. The van der Waals surface area contributed by atoms with Gasteiger partial charge in [-0.3, -0.25) is 4.79 Å². The van der Waals surface area contributed by atoms with E-state index in [0.717, 1.165) is 35.1 Å². The third-order valence-corrected chi connectivity index (χ3v) is 6.03. The number of aliphatic hydroxyl groups is 1. The summed E-state index contributed by atoms with van der Waals surface area (Å²) < 4.78 is 1.82. The van der Waals surface area contributed by atoms with Gasteiger partial charge in [-0.15, -0.1) is 5.10 Å². The fraction of sp³-hybridized carbons (Fsp3) is 0.545. The zero-order chi connectivity index (χ0) is 21.6. The van der Waals surface area contributed by atoms with Crippen molar-refractivity contribution in [3.63, 3.8) is 0 Å². The number of tetrazole rings is 1. The van der Waals surface area contributed by atoms with Crippen molar-refractivity contribution in [2.75, 3.05) is 13.1 Å². The topological polar surface area (TPSA) is 101 Å². The Balaban J connectivity index is 1.92. The molecular weight excluding hydrogens is 380 g/mol. The summed E-state index contributed by atoms with van der Waals surface area (Å²) in [7, 11) is 0. The molecular formula is C22H31N6O2+. The molecule has 1 aliphatic heterocycles. The van der Waals surface area contributed by atoms with Crippen molar-refractivity contribution < 1.29 is 10.0 Å². The first-order chi connectivity index (χ1) is 14.1. The molecule has 0 bridgehead atoms. The quantitative estimate of drug-likeness (QED) is 0.597. The first-order valence-electron chi connectivity index (χ1n) is 10.6. The van der Waals surface area contributed by atoms with Crippen LogP contribution in [-0.4, -0.2) is 49.5 Å². The van der Waals surface area contributed by atoms with Gasteiger partial charge < -0.3 is 15.0 Å². The van der Waals surface area contributed by atoms with Crippen LogP contribution in [0.2, 0.25) is 0 Å². The van der Waals surface area contributed by atoms with E-state index < -0.39 is 0 Å². The van der Waals surface area contributed by atoms with Gasteiger partial charge in [-0.05, 0) is 68.1 Å². The summed E-state index contributed by atoms with van der Waals surface area (Å²) in [5.74, 6) is 0.683. The zero-order valence-corrected chi connectivity index (χ0v) is 18.4. The van der Waals surface area contributed by atoms with E-state index >= 15 is 0 Å². The number of hydrogen-bond acceptors (Lipinski definition) is 5. The number of rotatable bonds is 3. The second-order valence-corrected chi connectivity index (χ2v) is 9.54. The molecule has 2 aromatic heterocycles. The highest BCUT2D eigenvalue weighted by Crippen LogP contribution is 2.24. The molecule has 0 spiro atoms. The van der Waals surface area contributed by atoms with Gasteiger partial charge in [0, 0.05) is 12.8 Å². The van der Waals surface area contributed by atoms with Crippen molar-refractivity contribution in [3.8, 4) is 0 Å². The minimum atomic E-state index is -0.317. The van der Waals surface area contributed by atoms with Gasteiger partial charge in [0.1, 0.15) is 0 Å². The van der Waals surface area contributed by atoms with Gasteiger partial charge in [-0.2, -0.15) is 0 Å². The molecule has 1 fully saturated rings. The van der Waals surface area contributed by atoms with Gasteiger partial charge >= 0.3 is 0 Å². The largest absolute Gasteiger partial charge is 0.393 e. The van der Waals surface area contributed by atoms with Crippen molar-refractivity contribution >= 4 is 10.9 Å². The maximum atomic E-state index is 13.3. The van der Waals surface area contributed by atoms with Gasteiger partial charge in [0.25, 0.3) is 5.56 Å². The highest BCUT2D eigenvalue weighted by atomic mass is 16.3. The van der Waals surface area contributed by atoms with E-state index in [0.29, 0.717) is 24.2 Å². The molecule has 4 rings (SSSR count). The number of piperidine rings is 1. The fourth-order valence-electron chi connectivity index (χ4n) is 4.57. The van der Waals surface area contributed by atoms with Crippen LogP contribution in [-0.2, 0) is 5.54 Å². The van der Waals surface area contributed by atoms with Gasteiger partial charge in [0.05, 0.1) is 35.8 Å². The summed E-state index contributed by atoms with van der Waals surface area (Å²) in [6, 6.07) is 5.87. The molecule has 30 heavy (non-hydrogen) atoms. The second kappa shape index (κ2) is 7.59. The van der Waals surface area contributed by atoms with Crippen molar-refractivity contribution in [1.29, 1.82) is 0 Å². The molecule has 3 heterocycles. The molecule has 0 amide bonds. The second-order valence-electron chi connectivity index (χ2n) is 9.54. The number of nitrogens with one attached hydrogen (secondary N) is 2. The SMILES string of the molecule is Cc1cc(C)c2[nH]c(=O)c([C@@H](c3nnnn3C(C)(C)C)[NH+]3CCC(O)CC3)cc2c1. The third kappa shape index (κ3) is 3.77. The number of likely N-dealkylation sites (tertiary alicyclic amines) is 1. The number of hydrogen-bond donors (Lipinski definition) is 3. The van der Waals surface area contributed by atoms with E-state index in [1.807, 2.05) is 17.7 Å². The molecule has 1 aromatic carbocycles. The Bertz CT molecular complexity index is 1120. The number of aromatic nitrogens is 5.